The number of imidazole rings is 1. The Morgan fingerprint density at radius 1 is 1.32 bits per heavy atom. The lowest BCUT2D eigenvalue weighted by molar-refractivity contribution is 0.242. The van der Waals surface area contributed by atoms with Gasteiger partial charge in [0, 0.05) is 49.8 Å². The number of hydrogen-bond acceptors (Lipinski definition) is 3. The zero-order valence-corrected chi connectivity index (χ0v) is 12.9. The summed E-state index contributed by atoms with van der Waals surface area (Å²) in [5.41, 5.74) is 0.972. The maximum absolute atomic E-state index is 6.18. The van der Waals surface area contributed by atoms with Gasteiger partial charge in [0.15, 0.2) is 5.15 Å². The van der Waals surface area contributed by atoms with Crippen LogP contribution in [0.1, 0.15) is 5.82 Å². The number of pyridine rings is 1. The highest BCUT2D eigenvalue weighted by atomic mass is 79.9. The third-order valence-corrected chi connectivity index (χ3v) is 4.24. The van der Waals surface area contributed by atoms with E-state index in [-0.39, 0.29) is 0 Å². The van der Waals surface area contributed by atoms with Crippen molar-refractivity contribution >= 4 is 33.0 Å². The molecule has 2 aromatic rings. The summed E-state index contributed by atoms with van der Waals surface area (Å²) in [6.45, 7) is 5.41. The van der Waals surface area contributed by atoms with Crippen molar-refractivity contribution < 1.29 is 0 Å². The van der Waals surface area contributed by atoms with Crippen LogP contribution in [0.25, 0.3) is 5.52 Å². The van der Waals surface area contributed by atoms with Crippen molar-refractivity contribution in [3.8, 4) is 0 Å². The molecular weight excluding hydrogens is 328 g/mol. The van der Waals surface area contributed by atoms with Gasteiger partial charge in [-0.2, -0.15) is 0 Å². The highest BCUT2D eigenvalue weighted by Gasteiger charge is 2.13. The smallest absolute Gasteiger partial charge is 0.155 e. The van der Waals surface area contributed by atoms with Crippen LogP contribution < -0.4 is 5.32 Å². The lowest BCUT2D eigenvalue weighted by Gasteiger charge is -2.26. The predicted octanol–water partition coefficient (Wildman–Crippen LogP) is 2.20. The first-order chi connectivity index (χ1) is 9.24. The first-order valence-electron chi connectivity index (χ1n) is 6.49. The Kier molecular flexibility index (Phi) is 4.07. The van der Waals surface area contributed by atoms with Gasteiger partial charge < -0.3 is 14.6 Å². The van der Waals surface area contributed by atoms with E-state index in [1.165, 1.54) is 0 Å². The molecule has 1 saturated heterocycles. The molecule has 3 heterocycles. The number of halogens is 2. The zero-order valence-electron chi connectivity index (χ0n) is 10.6. The Labute approximate surface area is 125 Å². The molecule has 1 aliphatic rings. The molecule has 102 valence electrons. The van der Waals surface area contributed by atoms with E-state index in [0.717, 1.165) is 55.0 Å². The van der Waals surface area contributed by atoms with Crippen LogP contribution in [0.3, 0.4) is 0 Å². The van der Waals surface area contributed by atoms with Crippen LogP contribution in [0, 0.1) is 0 Å². The molecule has 2 aromatic heterocycles. The Balaban J connectivity index is 1.78. The molecule has 6 heteroatoms. The summed E-state index contributed by atoms with van der Waals surface area (Å²) in [6.07, 6.45) is 2.95. The number of nitrogens with one attached hydrogen (secondary N) is 1. The maximum atomic E-state index is 6.18. The minimum absolute atomic E-state index is 0.586. The summed E-state index contributed by atoms with van der Waals surface area (Å²) in [4.78, 5) is 6.94. The fourth-order valence-corrected chi connectivity index (χ4v) is 3.04. The van der Waals surface area contributed by atoms with Gasteiger partial charge in [-0.3, -0.25) is 0 Å². The van der Waals surface area contributed by atoms with Gasteiger partial charge in [0.2, 0.25) is 0 Å². The second-order valence-electron chi connectivity index (χ2n) is 4.76. The molecular formula is C13H16BrClN4. The largest absolute Gasteiger partial charge is 0.314 e. The van der Waals surface area contributed by atoms with E-state index < -0.39 is 0 Å². The minimum atomic E-state index is 0.586. The summed E-state index contributed by atoms with van der Waals surface area (Å²) >= 11 is 9.67. The van der Waals surface area contributed by atoms with Gasteiger partial charge in [-0.25, -0.2) is 4.98 Å². The molecule has 0 radical (unpaired) electrons. The van der Waals surface area contributed by atoms with Gasteiger partial charge in [-0.05, 0) is 28.1 Å². The Morgan fingerprint density at radius 2 is 2.11 bits per heavy atom. The summed E-state index contributed by atoms with van der Waals surface area (Å²) in [5, 5.41) is 3.95. The van der Waals surface area contributed by atoms with Gasteiger partial charge >= 0.3 is 0 Å². The quantitative estimate of drug-likeness (QED) is 0.927. The average Bonchev–Trinajstić information content (AvgIpc) is 2.74. The molecule has 0 saturated carbocycles. The molecule has 1 N–H and O–H groups in total. The Morgan fingerprint density at radius 3 is 2.89 bits per heavy atom. The van der Waals surface area contributed by atoms with Crippen LogP contribution in [0.15, 0.2) is 22.8 Å². The van der Waals surface area contributed by atoms with E-state index in [1.54, 1.807) is 0 Å². The van der Waals surface area contributed by atoms with E-state index >= 15 is 0 Å². The van der Waals surface area contributed by atoms with Gasteiger partial charge in [0.25, 0.3) is 0 Å². The highest BCUT2D eigenvalue weighted by molar-refractivity contribution is 9.10. The topological polar surface area (TPSA) is 32.6 Å². The van der Waals surface area contributed by atoms with Crippen molar-refractivity contribution in [3.63, 3.8) is 0 Å². The van der Waals surface area contributed by atoms with Crippen LogP contribution in [0.2, 0.25) is 5.15 Å². The van der Waals surface area contributed by atoms with Crippen LogP contribution >= 0.6 is 27.5 Å². The average molecular weight is 344 g/mol. The molecule has 1 aliphatic heterocycles. The van der Waals surface area contributed by atoms with Crippen LogP contribution in [0.5, 0.6) is 0 Å². The third-order valence-electron chi connectivity index (χ3n) is 3.49. The number of piperazine rings is 1. The van der Waals surface area contributed by atoms with Gasteiger partial charge in [0.05, 0.1) is 5.52 Å². The molecule has 3 rings (SSSR count). The summed E-state index contributed by atoms with van der Waals surface area (Å²) in [5.74, 6) is 1.03. The molecule has 4 nitrogen and oxygen atoms in total. The molecule has 0 aliphatic carbocycles. The van der Waals surface area contributed by atoms with E-state index in [4.69, 9.17) is 11.6 Å². The Hall–Kier alpha value is -0.620. The summed E-state index contributed by atoms with van der Waals surface area (Å²) in [7, 11) is 0. The van der Waals surface area contributed by atoms with Crippen molar-refractivity contribution in [1.29, 1.82) is 0 Å². The summed E-state index contributed by atoms with van der Waals surface area (Å²) in [6, 6.07) is 3.98. The predicted molar refractivity (Wildman–Crippen MR) is 80.9 cm³/mol. The number of nitrogens with zero attached hydrogens (tertiary/aromatic N) is 3. The number of fused-ring (bicyclic) bond motifs is 1. The minimum Gasteiger partial charge on any atom is -0.314 e. The fraction of sp³-hybridized carbons (Fsp3) is 0.462. The lowest BCUT2D eigenvalue weighted by Crippen LogP contribution is -2.44. The van der Waals surface area contributed by atoms with Crippen molar-refractivity contribution in [1.82, 2.24) is 19.6 Å². The zero-order chi connectivity index (χ0) is 13.2. The maximum Gasteiger partial charge on any atom is 0.155 e. The van der Waals surface area contributed by atoms with E-state index in [9.17, 15) is 0 Å². The first-order valence-corrected chi connectivity index (χ1v) is 7.66. The molecule has 0 unspecified atom stereocenters. The molecule has 0 bridgehead atoms. The number of rotatable bonds is 3. The monoisotopic (exact) mass is 342 g/mol. The van der Waals surface area contributed by atoms with Gasteiger partial charge in [-0.1, -0.05) is 11.6 Å². The molecule has 1 fully saturated rings. The Bertz CT molecular complexity index is 577. The van der Waals surface area contributed by atoms with Crippen LogP contribution in [0.4, 0.5) is 0 Å². The highest BCUT2D eigenvalue weighted by Crippen LogP contribution is 2.21. The number of hydrogen-bond donors (Lipinski definition) is 1. The second-order valence-corrected chi connectivity index (χ2v) is 6.04. The normalized spacial score (nSPS) is 17.2. The SMILES string of the molecule is Clc1nc(CCN2CCNCC2)n2cc(Br)ccc12. The van der Waals surface area contributed by atoms with E-state index in [0.29, 0.717) is 5.15 Å². The first kappa shape index (κ1) is 13.4. The van der Waals surface area contributed by atoms with E-state index in [1.807, 2.05) is 18.3 Å². The van der Waals surface area contributed by atoms with Gasteiger partial charge in [-0.15, -0.1) is 0 Å². The standard InChI is InChI=1S/C13H16BrClN4/c14-10-1-2-11-13(15)17-12(19(11)9-10)3-6-18-7-4-16-5-8-18/h1-2,9,16H,3-8H2. The van der Waals surface area contributed by atoms with Crippen molar-refractivity contribution in [3.05, 3.63) is 33.8 Å². The van der Waals surface area contributed by atoms with E-state index in [2.05, 4.69) is 35.5 Å². The molecule has 19 heavy (non-hydrogen) atoms. The molecule has 0 atom stereocenters. The van der Waals surface area contributed by atoms with Crippen LogP contribution in [-0.4, -0.2) is 47.0 Å². The van der Waals surface area contributed by atoms with Crippen molar-refractivity contribution in [2.75, 3.05) is 32.7 Å². The molecule has 0 amide bonds. The number of aromatic nitrogens is 2. The summed E-state index contributed by atoms with van der Waals surface area (Å²) < 4.78 is 3.12. The molecule has 0 spiro atoms. The van der Waals surface area contributed by atoms with Gasteiger partial charge in [0.1, 0.15) is 5.82 Å². The fourth-order valence-electron chi connectivity index (χ4n) is 2.45. The van der Waals surface area contributed by atoms with Crippen molar-refractivity contribution in [2.24, 2.45) is 0 Å². The lowest BCUT2D eigenvalue weighted by atomic mass is 10.3. The second kappa shape index (κ2) is 5.79. The van der Waals surface area contributed by atoms with Crippen molar-refractivity contribution in [2.45, 2.75) is 6.42 Å². The molecule has 0 aromatic carbocycles. The third kappa shape index (κ3) is 2.94. The van der Waals surface area contributed by atoms with Crippen LogP contribution in [-0.2, 0) is 6.42 Å².